The number of carbonyl (C=O) groups excluding carboxylic acids is 3. The minimum atomic E-state index is -0.819. The molecule has 0 spiro atoms. The van der Waals surface area contributed by atoms with Crippen LogP contribution >= 0.6 is 0 Å². The molecule has 1 aromatic rings. The zero-order valence-corrected chi connectivity index (χ0v) is 11.4. The molecule has 0 aromatic heterocycles. The van der Waals surface area contributed by atoms with E-state index in [9.17, 15) is 14.4 Å². The maximum Gasteiger partial charge on any atom is 0.413 e. The quantitative estimate of drug-likeness (QED) is 0.808. The molecule has 21 heavy (non-hydrogen) atoms. The molecule has 1 saturated heterocycles. The summed E-state index contributed by atoms with van der Waals surface area (Å²) in [7, 11) is 0. The first kappa shape index (κ1) is 14.8. The summed E-state index contributed by atoms with van der Waals surface area (Å²) in [6, 6.07) is 8.36. The summed E-state index contributed by atoms with van der Waals surface area (Å²) in [5.41, 5.74) is 5.89. The lowest BCUT2D eigenvalue weighted by Gasteiger charge is -2.19. The van der Waals surface area contributed by atoms with Gasteiger partial charge in [-0.1, -0.05) is 30.3 Å². The molecular weight excluding hydrogens is 276 g/mol. The van der Waals surface area contributed by atoms with Gasteiger partial charge in [0, 0.05) is 6.42 Å². The molecule has 1 heterocycles. The second-order valence-corrected chi connectivity index (χ2v) is 4.62. The second kappa shape index (κ2) is 6.74. The van der Waals surface area contributed by atoms with Crippen LogP contribution in [0.4, 0.5) is 4.79 Å². The van der Waals surface area contributed by atoms with Gasteiger partial charge in [0.05, 0.1) is 0 Å². The summed E-state index contributed by atoms with van der Waals surface area (Å²) in [4.78, 5) is 35.5. The van der Waals surface area contributed by atoms with Crippen LogP contribution < -0.4 is 5.73 Å². The van der Waals surface area contributed by atoms with Crippen molar-refractivity contribution in [3.8, 4) is 0 Å². The van der Waals surface area contributed by atoms with E-state index >= 15 is 0 Å². The number of hydrogen-bond acceptors (Lipinski definition) is 5. The molecule has 2 N–H and O–H groups in total. The first-order valence-corrected chi connectivity index (χ1v) is 6.50. The van der Waals surface area contributed by atoms with Crippen molar-refractivity contribution in [2.75, 3.05) is 6.73 Å². The van der Waals surface area contributed by atoms with Gasteiger partial charge in [-0.25, -0.2) is 9.59 Å². The fourth-order valence-electron chi connectivity index (χ4n) is 1.98. The van der Waals surface area contributed by atoms with Crippen LogP contribution in [0.15, 0.2) is 30.3 Å². The van der Waals surface area contributed by atoms with Crippen molar-refractivity contribution < 1.29 is 23.9 Å². The number of primary amides is 1. The molecule has 0 saturated carbocycles. The van der Waals surface area contributed by atoms with Gasteiger partial charge in [0.2, 0.25) is 5.91 Å². The molecule has 7 heteroatoms. The fraction of sp³-hybridized carbons (Fsp3) is 0.357. The van der Waals surface area contributed by atoms with E-state index in [1.54, 1.807) is 0 Å². The molecule has 1 atom stereocenters. The standard InChI is InChI=1S/C14H16N2O5/c15-12(17)7-6-11-13(18)21-9-16(11)14(19)20-8-10-4-2-1-3-5-10/h1-5,11H,6-9H2,(H2,15,17)/t11-/m0/s1. The van der Waals surface area contributed by atoms with Crippen molar-refractivity contribution in [2.45, 2.75) is 25.5 Å². The highest BCUT2D eigenvalue weighted by Crippen LogP contribution is 2.18. The number of amides is 2. The predicted octanol–water partition coefficient (Wildman–Crippen LogP) is 0.774. The van der Waals surface area contributed by atoms with E-state index in [1.165, 1.54) is 0 Å². The van der Waals surface area contributed by atoms with Gasteiger partial charge >= 0.3 is 12.1 Å². The fourth-order valence-corrected chi connectivity index (χ4v) is 1.98. The third kappa shape index (κ3) is 3.95. The van der Waals surface area contributed by atoms with Gasteiger partial charge < -0.3 is 15.2 Å². The van der Waals surface area contributed by atoms with E-state index in [2.05, 4.69) is 0 Å². The minimum absolute atomic E-state index is 0.00221. The predicted molar refractivity (Wildman–Crippen MR) is 71.6 cm³/mol. The van der Waals surface area contributed by atoms with Crippen LogP contribution in [0.3, 0.4) is 0 Å². The van der Waals surface area contributed by atoms with Gasteiger partial charge in [-0.3, -0.25) is 9.69 Å². The number of rotatable bonds is 5. The highest BCUT2D eigenvalue weighted by Gasteiger charge is 2.38. The van der Waals surface area contributed by atoms with Gasteiger partial charge in [-0.05, 0) is 12.0 Å². The molecule has 0 radical (unpaired) electrons. The summed E-state index contributed by atoms with van der Waals surface area (Å²) in [6.45, 7) is -0.0667. The van der Waals surface area contributed by atoms with E-state index in [0.29, 0.717) is 0 Å². The number of benzene rings is 1. The maximum atomic E-state index is 12.0. The van der Waals surface area contributed by atoms with Gasteiger partial charge in [0.1, 0.15) is 12.6 Å². The van der Waals surface area contributed by atoms with Gasteiger partial charge in [-0.15, -0.1) is 0 Å². The third-order valence-electron chi connectivity index (χ3n) is 3.10. The number of esters is 1. The Morgan fingerprint density at radius 3 is 2.71 bits per heavy atom. The van der Waals surface area contributed by atoms with Gasteiger partial charge in [0.25, 0.3) is 0 Å². The average molecular weight is 292 g/mol. The average Bonchev–Trinajstić information content (AvgIpc) is 2.85. The molecule has 0 aliphatic carbocycles. The Labute approximate surface area is 121 Å². The number of nitrogens with two attached hydrogens (primary N) is 1. The third-order valence-corrected chi connectivity index (χ3v) is 3.10. The molecule has 1 aliphatic rings. The zero-order valence-electron chi connectivity index (χ0n) is 11.4. The van der Waals surface area contributed by atoms with Crippen molar-refractivity contribution in [2.24, 2.45) is 5.73 Å². The number of ether oxygens (including phenoxy) is 2. The molecule has 1 aliphatic heterocycles. The SMILES string of the molecule is NC(=O)CC[C@H]1C(=O)OCN1C(=O)OCc1ccccc1. The summed E-state index contributed by atoms with van der Waals surface area (Å²) < 4.78 is 9.95. The Balaban J connectivity index is 1.91. The van der Waals surface area contributed by atoms with Crippen LogP contribution in [0.2, 0.25) is 0 Å². The van der Waals surface area contributed by atoms with Crippen molar-refractivity contribution in [3.63, 3.8) is 0 Å². The van der Waals surface area contributed by atoms with E-state index in [0.717, 1.165) is 10.5 Å². The molecule has 112 valence electrons. The van der Waals surface area contributed by atoms with E-state index < -0.39 is 24.0 Å². The molecule has 2 rings (SSSR count). The highest BCUT2D eigenvalue weighted by molar-refractivity contribution is 5.84. The summed E-state index contributed by atoms with van der Waals surface area (Å²) >= 11 is 0. The number of hydrogen-bond donors (Lipinski definition) is 1. The largest absolute Gasteiger partial charge is 0.444 e. The van der Waals surface area contributed by atoms with Crippen molar-refractivity contribution in [1.82, 2.24) is 4.90 Å². The van der Waals surface area contributed by atoms with Crippen LogP contribution in [0, 0.1) is 0 Å². The molecule has 2 amide bonds. The first-order chi connectivity index (χ1) is 10.1. The lowest BCUT2D eigenvalue weighted by atomic mass is 10.1. The van der Waals surface area contributed by atoms with Crippen LogP contribution in [-0.4, -0.2) is 35.6 Å². The zero-order chi connectivity index (χ0) is 15.2. The normalized spacial score (nSPS) is 17.4. The second-order valence-electron chi connectivity index (χ2n) is 4.62. The van der Waals surface area contributed by atoms with Crippen LogP contribution in [-0.2, 0) is 25.7 Å². The van der Waals surface area contributed by atoms with E-state index in [4.69, 9.17) is 15.2 Å². The first-order valence-electron chi connectivity index (χ1n) is 6.50. The molecule has 1 fully saturated rings. The molecular formula is C14H16N2O5. The van der Waals surface area contributed by atoms with E-state index in [-0.39, 0.29) is 26.2 Å². The molecule has 0 unspecified atom stereocenters. The van der Waals surface area contributed by atoms with Crippen molar-refractivity contribution in [3.05, 3.63) is 35.9 Å². The van der Waals surface area contributed by atoms with Crippen LogP contribution in [0.1, 0.15) is 18.4 Å². The minimum Gasteiger partial charge on any atom is -0.444 e. The molecule has 7 nitrogen and oxygen atoms in total. The van der Waals surface area contributed by atoms with Crippen LogP contribution in [0.5, 0.6) is 0 Å². The van der Waals surface area contributed by atoms with Crippen molar-refractivity contribution >= 4 is 18.0 Å². The topological polar surface area (TPSA) is 98.9 Å². The molecule has 0 bridgehead atoms. The Bertz CT molecular complexity index is 531. The smallest absolute Gasteiger partial charge is 0.413 e. The lowest BCUT2D eigenvalue weighted by Crippen LogP contribution is -2.39. The Morgan fingerprint density at radius 1 is 1.33 bits per heavy atom. The summed E-state index contributed by atoms with van der Waals surface area (Å²) in [5.74, 6) is -1.08. The molecule has 1 aromatic carbocycles. The van der Waals surface area contributed by atoms with Crippen molar-refractivity contribution in [1.29, 1.82) is 0 Å². The number of nitrogens with zero attached hydrogens (tertiary/aromatic N) is 1. The lowest BCUT2D eigenvalue weighted by molar-refractivity contribution is -0.139. The Morgan fingerprint density at radius 2 is 2.05 bits per heavy atom. The summed E-state index contributed by atoms with van der Waals surface area (Å²) in [6.07, 6.45) is -0.518. The van der Waals surface area contributed by atoms with E-state index in [1.807, 2.05) is 30.3 Å². The Kier molecular flexibility index (Phi) is 4.76. The number of carbonyl (C=O) groups is 3. The highest BCUT2D eigenvalue weighted by atomic mass is 16.6. The van der Waals surface area contributed by atoms with Crippen LogP contribution in [0.25, 0.3) is 0 Å². The van der Waals surface area contributed by atoms with Gasteiger partial charge in [-0.2, -0.15) is 0 Å². The maximum absolute atomic E-state index is 12.0. The summed E-state index contributed by atoms with van der Waals surface area (Å²) in [5, 5.41) is 0. The van der Waals surface area contributed by atoms with Gasteiger partial charge in [0.15, 0.2) is 6.73 Å². The number of cyclic esters (lactones) is 1. The Hall–Kier alpha value is -2.57. The monoisotopic (exact) mass is 292 g/mol.